The average molecular weight is 444 g/mol. The van der Waals surface area contributed by atoms with Crippen molar-refractivity contribution in [3.05, 3.63) is 115 Å². The molecule has 3 nitrogen and oxygen atoms in total. The van der Waals surface area contributed by atoms with Gasteiger partial charge in [-0.25, -0.2) is 0 Å². The summed E-state index contributed by atoms with van der Waals surface area (Å²) in [6.45, 7) is 2.09. The molecule has 4 heteroatoms. The van der Waals surface area contributed by atoms with Crippen molar-refractivity contribution >= 4 is 56.4 Å². The van der Waals surface area contributed by atoms with E-state index in [1.54, 1.807) is 6.26 Å². The van der Waals surface area contributed by atoms with Gasteiger partial charge in [0.1, 0.15) is 11.3 Å². The summed E-state index contributed by atoms with van der Waals surface area (Å²) in [6.07, 6.45) is 4.05. The van der Waals surface area contributed by atoms with Crippen molar-refractivity contribution < 1.29 is 8.83 Å². The fraction of sp³-hybridized carbons (Fsp3) is 0.0345. The number of hydrogen-bond donors (Lipinski definition) is 0. The minimum Gasteiger partial charge on any atom is -0.458 e. The largest absolute Gasteiger partial charge is 0.458 e. The van der Waals surface area contributed by atoms with Crippen LogP contribution in [0.5, 0.6) is 0 Å². The van der Waals surface area contributed by atoms with Crippen molar-refractivity contribution in [3.8, 4) is 0 Å². The minimum atomic E-state index is -2.65. The summed E-state index contributed by atoms with van der Waals surface area (Å²) in [5.74, 6) is 0.959. The van der Waals surface area contributed by atoms with Gasteiger partial charge in [-0.3, -0.25) is 4.40 Å². The SMILES string of the molecule is Cc1oc2c3ccoc3n3cc([Si](c4ccccc4)(c4ccccc4)c4ccccc4)c1c23. The Kier molecular flexibility index (Phi) is 3.78. The average Bonchev–Trinajstić information content (AvgIpc) is 3.62. The summed E-state index contributed by atoms with van der Waals surface area (Å²) in [5.41, 5.74) is 2.88. The van der Waals surface area contributed by atoms with Gasteiger partial charge in [-0.15, -0.1) is 0 Å². The Balaban J connectivity index is 1.72. The first kappa shape index (κ1) is 18.5. The quantitative estimate of drug-likeness (QED) is 0.295. The van der Waals surface area contributed by atoms with Gasteiger partial charge in [-0.05, 0) is 33.7 Å². The fourth-order valence-electron chi connectivity index (χ4n) is 5.66. The molecule has 0 fully saturated rings. The first-order valence-electron chi connectivity index (χ1n) is 11.2. The van der Waals surface area contributed by atoms with Crippen LogP contribution in [0.15, 0.2) is 118 Å². The molecule has 0 bridgehead atoms. The number of hydrogen-bond acceptors (Lipinski definition) is 2. The zero-order chi connectivity index (χ0) is 22.0. The molecule has 0 aliphatic heterocycles. The molecule has 0 saturated heterocycles. The van der Waals surface area contributed by atoms with Crippen LogP contribution in [0.25, 0.3) is 27.6 Å². The molecule has 4 heterocycles. The molecule has 4 aromatic heterocycles. The number of furan rings is 2. The third kappa shape index (κ3) is 2.33. The number of nitrogens with zero attached hydrogens (tertiary/aromatic N) is 1. The Morgan fingerprint density at radius 1 is 0.697 bits per heavy atom. The van der Waals surface area contributed by atoms with Gasteiger partial charge < -0.3 is 8.83 Å². The number of aromatic nitrogens is 1. The number of fused-ring (bicyclic) bond motifs is 3. The van der Waals surface area contributed by atoms with E-state index in [0.717, 1.165) is 28.0 Å². The summed E-state index contributed by atoms with van der Waals surface area (Å²) < 4.78 is 14.5. The lowest BCUT2D eigenvalue weighted by molar-refractivity contribution is 0.586. The van der Waals surface area contributed by atoms with Crippen LogP contribution in [0.2, 0.25) is 0 Å². The molecule has 0 N–H and O–H groups in total. The van der Waals surface area contributed by atoms with E-state index >= 15 is 0 Å². The zero-order valence-corrected chi connectivity index (χ0v) is 19.2. The van der Waals surface area contributed by atoms with Crippen LogP contribution in [-0.4, -0.2) is 12.5 Å². The molecule has 7 aromatic rings. The smallest absolute Gasteiger partial charge is 0.215 e. The van der Waals surface area contributed by atoms with E-state index in [2.05, 4.69) is 109 Å². The van der Waals surface area contributed by atoms with E-state index in [4.69, 9.17) is 8.83 Å². The van der Waals surface area contributed by atoms with Crippen molar-refractivity contribution in [1.29, 1.82) is 0 Å². The Hall–Kier alpha value is -4.02. The lowest BCUT2D eigenvalue weighted by Crippen LogP contribution is -2.74. The van der Waals surface area contributed by atoms with E-state index in [1.165, 1.54) is 26.1 Å². The number of aryl methyl sites for hydroxylation is 1. The van der Waals surface area contributed by atoms with Crippen LogP contribution in [-0.2, 0) is 0 Å². The molecular weight excluding hydrogens is 422 g/mol. The van der Waals surface area contributed by atoms with Crippen molar-refractivity contribution in [2.75, 3.05) is 0 Å². The summed E-state index contributed by atoms with van der Waals surface area (Å²) in [4.78, 5) is 0. The lowest BCUT2D eigenvalue weighted by Gasteiger charge is -2.33. The van der Waals surface area contributed by atoms with Crippen molar-refractivity contribution in [1.82, 2.24) is 4.40 Å². The van der Waals surface area contributed by atoms with E-state index < -0.39 is 8.07 Å². The Morgan fingerprint density at radius 2 is 1.24 bits per heavy atom. The second-order valence-electron chi connectivity index (χ2n) is 8.61. The van der Waals surface area contributed by atoms with Crippen molar-refractivity contribution in [2.24, 2.45) is 0 Å². The van der Waals surface area contributed by atoms with E-state index in [9.17, 15) is 0 Å². The van der Waals surface area contributed by atoms with Crippen LogP contribution >= 0.6 is 0 Å². The molecule has 0 aliphatic carbocycles. The Bertz CT molecular complexity index is 1610. The maximum absolute atomic E-state index is 6.38. The van der Waals surface area contributed by atoms with Crippen LogP contribution in [0.1, 0.15) is 5.76 Å². The molecule has 158 valence electrons. The molecule has 0 radical (unpaired) electrons. The first-order valence-corrected chi connectivity index (χ1v) is 13.2. The van der Waals surface area contributed by atoms with Gasteiger partial charge in [0.15, 0.2) is 13.7 Å². The lowest BCUT2D eigenvalue weighted by atomic mass is 10.3. The van der Waals surface area contributed by atoms with Crippen LogP contribution < -0.4 is 20.7 Å². The highest BCUT2D eigenvalue weighted by molar-refractivity contribution is 7.20. The number of benzene rings is 3. The Morgan fingerprint density at radius 3 is 1.79 bits per heavy atom. The fourth-order valence-corrected chi connectivity index (χ4v) is 10.7. The van der Waals surface area contributed by atoms with Gasteiger partial charge in [-0.2, -0.15) is 0 Å². The maximum Gasteiger partial charge on any atom is 0.215 e. The number of rotatable bonds is 4. The molecule has 0 unspecified atom stereocenters. The van der Waals surface area contributed by atoms with E-state index in [1.807, 2.05) is 6.07 Å². The van der Waals surface area contributed by atoms with Gasteiger partial charge in [0.2, 0.25) is 5.71 Å². The second kappa shape index (κ2) is 6.74. The molecule has 0 amide bonds. The third-order valence-corrected chi connectivity index (χ3v) is 11.7. The Labute approximate surface area is 191 Å². The topological polar surface area (TPSA) is 30.7 Å². The molecule has 0 atom stereocenters. The first-order chi connectivity index (χ1) is 16.3. The van der Waals surface area contributed by atoms with Gasteiger partial charge >= 0.3 is 0 Å². The highest BCUT2D eigenvalue weighted by atomic mass is 28.3. The van der Waals surface area contributed by atoms with Crippen LogP contribution in [0.3, 0.4) is 0 Å². The zero-order valence-electron chi connectivity index (χ0n) is 18.2. The van der Waals surface area contributed by atoms with Crippen molar-refractivity contribution in [3.63, 3.8) is 0 Å². The van der Waals surface area contributed by atoms with Crippen molar-refractivity contribution in [2.45, 2.75) is 6.92 Å². The summed E-state index contributed by atoms with van der Waals surface area (Å²) >= 11 is 0. The molecule has 3 aromatic carbocycles. The molecule has 0 saturated carbocycles. The maximum atomic E-state index is 6.38. The predicted octanol–water partition coefficient (Wildman–Crippen LogP) is 4.56. The monoisotopic (exact) mass is 443 g/mol. The van der Waals surface area contributed by atoms with Crippen LogP contribution in [0.4, 0.5) is 0 Å². The van der Waals surface area contributed by atoms with Gasteiger partial charge in [0, 0.05) is 11.6 Å². The molecule has 7 rings (SSSR count). The standard InChI is InChI=1S/C29H21NO2Si/c1-20-26-25(19-30-27(26)28(32-20)24-17-18-31-29(24)30)33(21-11-5-2-6-12-21,22-13-7-3-8-14-22)23-15-9-4-10-16-23/h2-19H,1H3. The molecule has 33 heavy (non-hydrogen) atoms. The summed E-state index contributed by atoms with van der Waals surface area (Å²) in [7, 11) is -2.65. The highest BCUT2D eigenvalue weighted by Crippen LogP contribution is 2.37. The molecule has 0 spiro atoms. The highest BCUT2D eigenvalue weighted by Gasteiger charge is 2.44. The van der Waals surface area contributed by atoms with E-state index in [-0.39, 0.29) is 0 Å². The van der Waals surface area contributed by atoms with Crippen LogP contribution in [0, 0.1) is 6.92 Å². The molecule has 0 aliphatic rings. The third-order valence-electron chi connectivity index (χ3n) is 6.96. The summed E-state index contributed by atoms with van der Waals surface area (Å²) in [6, 6.07) is 34.9. The van der Waals surface area contributed by atoms with Gasteiger partial charge in [0.05, 0.1) is 11.6 Å². The summed E-state index contributed by atoms with van der Waals surface area (Å²) in [5, 5.41) is 7.62. The molecular formula is C29H21NO2Si. The predicted molar refractivity (Wildman–Crippen MR) is 136 cm³/mol. The van der Waals surface area contributed by atoms with E-state index in [0.29, 0.717) is 0 Å². The minimum absolute atomic E-state index is 0.845. The van der Waals surface area contributed by atoms with Gasteiger partial charge in [-0.1, -0.05) is 91.0 Å². The van der Waals surface area contributed by atoms with Gasteiger partial charge in [0.25, 0.3) is 0 Å². The normalized spacial score (nSPS) is 12.4. The second-order valence-corrected chi connectivity index (χ2v) is 12.4.